The lowest BCUT2D eigenvalue weighted by Gasteiger charge is -2.45. The zero-order valence-corrected chi connectivity index (χ0v) is 14.6. The third-order valence-electron chi connectivity index (χ3n) is 4.54. The van der Waals surface area contributed by atoms with Crippen molar-refractivity contribution in [1.29, 1.82) is 0 Å². The standard InChI is InChI=1S/C17H32N4/c1-7-8-13-14(18)15(21(6)20-13)19-12-9-16(2,3)11-17(4,5)10-12/h12,19H,7-11,18H2,1-6H3. The molecule has 120 valence electrons. The van der Waals surface area contributed by atoms with Crippen molar-refractivity contribution in [3.8, 4) is 0 Å². The minimum atomic E-state index is 0.374. The number of aryl methyl sites for hydroxylation is 2. The highest BCUT2D eigenvalue weighted by Gasteiger charge is 2.38. The second-order valence-corrected chi connectivity index (χ2v) is 8.34. The first kappa shape index (κ1) is 16.2. The Balaban J connectivity index is 2.18. The summed E-state index contributed by atoms with van der Waals surface area (Å²) in [5.41, 5.74) is 8.90. The topological polar surface area (TPSA) is 55.9 Å². The molecule has 3 N–H and O–H groups in total. The van der Waals surface area contributed by atoms with Gasteiger partial charge in [-0.3, -0.25) is 4.68 Å². The SMILES string of the molecule is CCCc1nn(C)c(NC2CC(C)(C)CC(C)(C)C2)c1N. The van der Waals surface area contributed by atoms with Crippen molar-refractivity contribution in [2.24, 2.45) is 17.9 Å². The first-order chi connectivity index (χ1) is 9.63. The molecule has 4 heteroatoms. The molecule has 21 heavy (non-hydrogen) atoms. The number of nitrogens with one attached hydrogen (secondary N) is 1. The summed E-state index contributed by atoms with van der Waals surface area (Å²) in [4.78, 5) is 0. The Bertz CT molecular complexity index is 483. The average molecular weight is 292 g/mol. The Morgan fingerprint density at radius 3 is 2.33 bits per heavy atom. The minimum absolute atomic E-state index is 0.374. The van der Waals surface area contributed by atoms with Gasteiger partial charge in [-0.25, -0.2) is 0 Å². The van der Waals surface area contributed by atoms with E-state index in [1.807, 2.05) is 11.7 Å². The Morgan fingerprint density at radius 2 is 1.81 bits per heavy atom. The van der Waals surface area contributed by atoms with Crippen LogP contribution >= 0.6 is 0 Å². The van der Waals surface area contributed by atoms with Gasteiger partial charge < -0.3 is 11.1 Å². The average Bonchev–Trinajstić information content (AvgIpc) is 2.53. The van der Waals surface area contributed by atoms with E-state index in [1.54, 1.807) is 0 Å². The Morgan fingerprint density at radius 1 is 1.24 bits per heavy atom. The molecule has 0 radical (unpaired) electrons. The molecule has 1 aromatic rings. The molecule has 1 fully saturated rings. The molecule has 0 unspecified atom stereocenters. The van der Waals surface area contributed by atoms with Crippen molar-refractivity contribution in [3.05, 3.63) is 5.69 Å². The van der Waals surface area contributed by atoms with Gasteiger partial charge in [-0.1, -0.05) is 41.0 Å². The van der Waals surface area contributed by atoms with Crippen LogP contribution in [0.5, 0.6) is 0 Å². The molecular weight excluding hydrogens is 260 g/mol. The maximum atomic E-state index is 6.30. The molecule has 1 saturated carbocycles. The zero-order chi connectivity index (χ0) is 15.8. The van der Waals surface area contributed by atoms with Gasteiger partial charge in [0.2, 0.25) is 0 Å². The number of nitrogen functional groups attached to an aromatic ring is 1. The van der Waals surface area contributed by atoms with Crippen LogP contribution in [0.1, 0.15) is 66.0 Å². The monoisotopic (exact) mass is 292 g/mol. The molecule has 0 atom stereocenters. The maximum Gasteiger partial charge on any atom is 0.147 e. The number of hydrogen-bond acceptors (Lipinski definition) is 3. The quantitative estimate of drug-likeness (QED) is 0.882. The molecule has 0 bridgehead atoms. The van der Waals surface area contributed by atoms with Crippen LogP contribution in [0.2, 0.25) is 0 Å². The molecule has 1 aliphatic rings. The Kier molecular flexibility index (Phi) is 4.27. The predicted octanol–water partition coefficient (Wildman–Crippen LogP) is 3.97. The smallest absolute Gasteiger partial charge is 0.147 e. The van der Waals surface area contributed by atoms with Crippen LogP contribution in [0, 0.1) is 10.8 Å². The van der Waals surface area contributed by atoms with E-state index in [0.717, 1.165) is 30.0 Å². The zero-order valence-electron chi connectivity index (χ0n) is 14.6. The lowest BCUT2D eigenvalue weighted by Crippen LogP contribution is -2.40. The van der Waals surface area contributed by atoms with Crippen LogP contribution in [-0.2, 0) is 13.5 Å². The van der Waals surface area contributed by atoms with E-state index in [1.165, 1.54) is 19.3 Å². The van der Waals surface area contributed by atoms with Crippen LogP contribution < -0.4 is 11.1 Å². The van der Waals surface area contributed by atoms with Crippen LogP contribution in [-0.4, -0.2) is 15.8 Å². The predicted molar refractivity (Wildman–Crippen MR) is 90.4 cm³/mol. The van der Waals surface area contributed by atoms with E-state index in [-0.39, 0.29) is 0 Å². The molecule has 0 aromatic carbocycles. The largest absolute Gasteiger partial charge is 0.394 e. The van der Waals surface area contributed by atoms with Crippen molar-refractivity contribution in [1.82, 2.24) is 9.78 Å². The summed E-state index contributed by atoms with van der Waals surface area (Å²) in [5, 5.41) is 8.25. The van der Waals surface area contributed by atoms with Crippen molar-refractivity contribution in [2.45, 2.75) is 72.8 Å². The van der Waals surface area contributed by atoms with E-state index in [2.05, 4.69) is 45.0 Å². The number of aromatic nitrogens is 2. The summed E-state index contributed by atoms with van der Waals surface area (Å²) in [6, 6.07) is 0.468. The van der Waals surface area contributed by atoms with Gasteiger partial charge >= 0.3 is 0 Å². The van der Waals surface area contributed by atoms with Gasteiger partial charge in [-0.2, -0.15) is 5.10 Å². The van der Waals surface area contributed by atoms with Crippen LogP contribution in [0.25, 0.3) is 0 Å². The third-order valence-corrected chi connectivity index (χ3v) is 4.54. The Labute approximate surface area is 129 Å². The molecule has 4 nitrogen and oxygen atoms in total. The second kappa shape index (κ2) is 5.54. The normalized spacial score (nSPS) is 21.4. The fourth-order valence-corrected chi connectivity index (χ4v) is 4.33. The van der Waals surface area contributed by atoms with Crippen molar-refractivity contribution < 1.29 is 0 Å². The summed E-state index contributed by atoms with van der Waals surface area (Å²) >= 11 is 0. The molecule has 0 saturated heterocycles. The fourth-order valence-electron chi connectivity index (χ4n) is 4.33. The molecule has 0 spiro atoms. The first-order valence-corrected chi connectivity index (χ1v) is 8.21. The van der Waals surface area contributed by atoms with E-state index in [0.29, 0.717) is 16.9 Å². The number of rotatable bonds is 4. The molecule has 0 aliphatic heterocycles. The molecule has 0 amide bonds. The number of anilines is 2. The number of nitrogens with two attached hydrogens (primary N) is 1. The van der Waals surface area contributed by atoms with Gasteiger partial charge in [0.1, 0.15) is 5.82 Å². The van der Waals surface area contributed by atoms with Crippen molar-refractivity contribution >= 4 is 11.5 Å². The lowest BCUT2D eigenvalue weighted by atomic mass is 9.63. The molecule has 1 heterocycles. The summed E-state index contributed by atoms with van der Waals surface area (Å²) < 4.78 is 1.91. The molecule has 1 aliphatic carbocycles. The van der Waals surface area contributed by atoms with E-state index in [9.17, 15) is 0 Å². The highest BCUT2D eigenvalue weighted by atomic mass is 15.3. The lowest BCUT2D eigenvalue weighted by molar-refractivity contribution is 0.105. The molecule has 2 rings (SSSR count). The Hall–Kier alpha value is -1.19. The summed E-state index contributed by atoms with van der Waals surface area (Å²) in [6.07, 6.45) is 5.67. The van der Waals surface area contributed by atoms with Gasteiger partial charge in [0.05, 0.1) is 11.4 Å². The van der Waals surface area contributed by atoms with Crippen molar-refractivity contribution in [3.63, 3.8) is 0 Å². The van der Waals surface area contributed by atoms with E-state index >= 15 is 0 Å². The summed E-state index contributed by atoms with van der Waals surface area (Å²) in [7, 11) is 1.98. The minimum Gasteiger partial charge on any atom is -0.394 e. The van der Waals surface area contributed by atoms with Crippen molar-refractivity contribution in [2.75, 3.05) is 11.1 Å². The first-order valence-electron chi connectivity index (χ1n) is 8.21. The van der Waals surface area contributed by atoms with Gasteiger partial charge in [0.15, 0.2) is 0 Å². The van der Waals surface area contributed by atoms with E-state index in [4.69, 9.17) is 5.73 Å². The molecular formula is C17H32N4. The summed E-state index contributed by atoms with van der Waals surface area (Å²) in [6.45, 7) is 11.7. The summed E-state index contributed by atoms with van der Waals surface area (Å²) in [5.74, 6) is 0.997. The fraction of sp³-hybridized carbons (Fsp3) is 0.824. The van der Waals surface area contributed by atoms with Crippen LogP contribution in [0.3, 0.4) is 0 Å². The van der Waals surface area contributed by atoms with Gasteiger partial charge in [0.25, 0.3) is 0 Å². The highest BCUT2D eigenvalue weighted by molar-refractivity contribution is 5.65. The van der Waals surface area contributed by atoms with Gasteiger partial charge in [-0.05, 0) is 36.5 Å². The highest BCUT2D eigenvalue weighted by Crippen LogP contribution is 2.46. The van der Waals surface area contributed by atoms with Gasteiger partial charge in [0, 0.05) is 13.1 Å². The third kappa shape index (κ3) is 3.72. The van der Waals surface area contributed by atoms with Gasteiger partial charge in [-0.15, -0.1) is 0 Å². The van der Waals surface area contributed by atoms with E-state index < -0.39 is 0 Å². The van der Waals surface area contributed by atoms with Crippen LogP contribution in [0.15, 0.2) is 0 Å². The number of hydrogen-bond donors (Lipinski definition) is 2. The van der Waals surface area contributed by atoms with Crippen LogP contribution in [0.4, 0.5) is 11.5 Å². The second-order valence-electron chi connectivity index (χ2n) is 8.34. The molecule has 1 aromatic heterocycles. The number of nitrogens with zero attached hydrogens (tertiary/aromatic N) is 2. The maximum absolute atomic E-state index is 6.30.